The van der Waals surface area contributed by atoms with Gasteiger partial charge in [-0.05, 0) is 47.9 Å². The molecule has 0 spiro atoms. The van der Waals surface area contributed by atoms with Crippen molar-refractivity contribution >= 4 is 29.9 Å². The summed E-state index contributed by atoms with van der Waals surface area (Å²) in [5, 5.41) is 6.83. The summed E-state index contributed by atoms with van der Waals surface area (Å²) in [5.41, 5.74) is 4.96. The van der Waals surface area contributed by atoms with Gasteiger partial charge in [0.25, 0.3) is 0 Å². The first-order valence-corrected chi connectivity index (χ1v) is 10.5. The second kappa shape index (κ2) is 11.2. The summed E-state index contributed by atoms with van der Waals surface area (Å²) in [6.45, 7) is 5.49. The summed E-state index contributed by atoms with van der Waals surface area (Å²) in [6, 6.07) is 17.3. The Hall–Kier alpha value is -2.35. The number of aliphatic imine (C=N–C) groups is 1. The predicted octanol–water partition coefficient (Wildman–Crippen LogP) is 4.68. The van der Waals surface area contributed by atoms with Crippen LogP contribution >= 0.6 is 24.0 Å². The standard InChI is InChI=1S/C24H29N5.HI/c1-2-26-24(27-15-19-7-8-19)28-16-22-5-3-4-6-23(22)21-11-9-20(10-12-21)17-29-14-13-25-18-29;/h3-6,9-14,18-19H,2,7-8,15-17H2,1H3,(H2,26,27,28);1H. The molecule has 158 valence electrons. The highest BCUT2D eigenvalue weighted by Gasteiger charge is 2.21. The average molecular weight is 515 g/mol. The Morgan fingerprint density at radius 2 is 1.90 bits per heavy atom. The number of aromatic nitrogens is 2. The van der Waals surface area contributed by atoms with Crippen LogP contribution < -0.4 is 10.6 Å². The number of imidazole rings is 1. The van der Waals surface area contributed by atoms with E-state index in [2.05, 4.69) is 75.6 Å². The topological polar surface area (TPSA) is 54.2 Å². The lowest BCUT2D eigenvalue weighted by molar-refractivity contribution is 0.739. The Bertz CT molecular complexity index is 930. The lowest BCUT2D eigenvalue weighted by atomic mass is 9.98. The fraction of sp³-hybridized carbons (Fsp3) is 0.333. The Balaban J connectivity index is 0.00000256. The van der Waals surface area contributed by atoms with Crippen LogP contribution in [0.3, 0.4) is 0 Å². The second-order valence-corrected chi connectivity index (χ2v) is 7.61. The van der Waals surface area contributed by atoms with Gasteiger partial charge in [-0.15, -0.1) is 24.0 Å². The highest BCUT2D eigenvalue weighted by Crippen LogP contribution is 2.27. The third-order valence-electron chi connectivity index (χ3n) is 5.21. The molecular formula is C24H30IN5. The first-order valence-electron chi connectivity index (χ1n) is 10.5. The normalized spacial score (nSPS) is 13.6. The molecule has 2 N–H and O–H groups in total. The van der Waals surface area contributed by atoms with Gasteiger partial charge < -0.3 is 15.2 Å². The van der Waals surface area contributed by atoms with Crippen LogP contribution in [0.4, 0.5) is 0 Å². The molecular weight excluding hydrogens is 485 g/mol. The largest absolute Gasteiger partial charge is 0.357 e. The van der Waals surface area contributed by atoms with E-state index in [4.69, 9.17) is 4.99 Å². The van der Waals surface area contributed by atoms with Crippen molar-refractivity contribution in [1.29, 1.82) is 0 Å². The maximum Gasteiger partial charge on any atom is 0.191 e. The summed E-state index contributed by atoms with van der Waals surface area (Å²) in [7, 11) is 0. The van der Waals surface area contributed by atoms with E-state index in [-0.39, 0.29) is 24.0 Å². The zero-order chi connectivity index (χ0) is 19.9. The molecule has 2 aromatic carbocycles. The average Bonchev–Trinajstić information content (AvgIpc) is 3.45. The van der Waals surface area contributed by atoms with Gasteiger partial charge in [-0.3, -0.25) is 0 Å². The van der Waals surface area contributed by atoms with Gasteiger partial charge >= 0.3 is 0 Å². The van der Waals surface area contributed by atoms with Gasteiger partial charge in [0.15, 0.2) is 5.96 Å². The third kappa shape index (κ3) is 6.32. The van der Waals surface area contributed by atoms with E-state index in [1.165, 1.54) is 35.1 Å². The van der Waals surface area contributed by atoms with E-state index in [9.17, 15) is 0 Å². The van der Waals surface area contributed by atoms with E-state index in [0.29, 0.717) is 6.54 Å². The highest BCUT2D eigenvalue weighted by molar-refractivity contribution is 14.0. The van der Waals surface area contributed by atoms with Gasteiger partial charge in [0.05, 0.1) is 12.9 Å². The van der Waals surface area contributed by atoms with Gasteiger partial charge in [-0.1, -0.05) is 48.5 Å². The molecule has 0 amide bonds. The van der Waals surface area contributed by atoms with Gasteiger partial charge in [0.1, 0.15) is 0 Å². The number of benzene rings is 2. The lowest BCUT2D eigenvalue weighted by Gasteiger charge is -2.13. The summed E-state index contributed by atoms with van der Waals surface area (Å²) < 4.78 is 2.08. The Kier molecular flexibility index (Phi) is 8.30. The number of nitrogens with zero attached hydrogens (tertiary/aromatic N) is 3. The Morgan fingerprint density at radius 3 is 2.60 bits per heavy atom. The van der Waals surface area contributed by atoms with Crippen molar-refractivity contribution in [3.63, 3.8) is 0 Å². The van der Waals surface area contributed by atoms with Crippen LogP contribution in [0.1, 0.15) is 30.9 Å². The van der Waals surface area contributed by atoms with Gasteiger partial charge in [0, 0.05) is 32.0 Å². The van der Waals surface area contributed by atoms with E-state index < -0.39 is 0 Å². The third-order valence-corrected chi connectivity index (χ3v) is 5.21. The first kappa shape index (κ1) is 22.3. The molecule has 1 aliphatic rings. The molecule has 0 bridgehead atoms. The number of halogens is 1. The zero-order valence-electron chi connectivity index (χ0n) is 17.4. The van der Waals surface area contributed by atoms with Crippen LogP contribution in [-0.2, 0) is 13.1 Å². The van der Waals surface area contributed by atoms with Crippen LogP contribution in [0, 0.1) is 5.92 Å². The van der Waals surface area contributed by atoms with E-state index in [1.807, 2.05) is 18.7 Å². The van der Waals surface area contributed by atoms with Gasteiger partial charge in [-0.2, -0.15) is 0 Å². The monoisotopic (exact) mass is 515 g/mol. The van der Waals surface area contributed by atoms with Crippen LogP contribution in [0.5, 0.6) is 0 Å². The Morgan fingerprint density at radius 1 is 1.10 bits per heavy atom. The molecule has 30 heavy (non-hydrogen) atoms. The summed E-state index contributed by atoms with van der Waals surface area (Å²) >= 11 is 0. The molecule has 0 radical (unpaired) electrons. The molecule has 3 aromatic rings. The number of guanidine groups is 1. The van der Waals surface area contributed by atoms with E-state index in [1.54, 1.807) is 0 Å². The van der Waals surface area contributed by atoms with Gasteiger partial charge in [-0.25, -0.2) is 9.98 Å². The van der Waals surface area contributed by atoms with Gasteiger partial charge in [0.2, 0.25) is 0 Å². The molecule has 4 rings (SSSR count). The fourth-order valence-electron chi connectivity index (χ4n) is 3.39. The van der Waals surface area contributed by atoms with Crippen molar-refractivity contribution < 1.29 is 0 Å². The molecule has 1 aromatic heterocycles. The maximum atomic E-state index is 4.82. The maximum absolute atomic E-state index is 4.82. The first-order chi connectivity index (χ1) is 14.3. The molecule has 5 nitrogen and oxygen atoms in total. The van der Waals surface area contributed by atoms with E-state index in [0.717, 1.165) is 31.5 Å². The Labute approximate surface area is 196 Å². The van der Waals surface area contributed by atoms with E-state index >= 15 is 0 Å². The molecule has 1 aliphatic carbocycles. The number of hydrogen-bond acceptors (Lipinski definition) is 2. The SMILES string of the molecule is CCNC(=NCc1ccccc1-c1ccc(Cn2ccnc2)cc1)NCC1CC1.I. The molecule has 6 heteroatoms. The van der Waals surface area contributed by atoms with Crippen LogP contribution in [-0.4, -0.2) is 28.6 Å². The molecule has 0 unspecified atom stereocenters. The van der Waals surface area contributed by atoms with Crippen molar-refractivity contribution in [3.8, 4) is 11.1 Å². The zero-order valence-corrected chi connectivity index (χ0v) is 19.8. The minimum Gasteiger partial charge on any atom is -0.357 e. The molecule has 1 fully saturated rings. The second-order valence-electron chi connectivity index (χ2n) is 7.61. The molecule has 1 saturated carbocycles. The quantitative estimate of drug-likeness (QED) is 0.260. The lowest BCUT2D eigenvalue weighted by Crippen LogP contribution is -2.38. The van der Waals surface area contributed by atoms with Crippen LogP contribution in [0.15, 0.2) is 72.2 Å². The molecule has 0 aliphatic heterocycles. The fourth-order valence-corrected chi connectivity index (χ4v) is 3.39. The van der Waals surface area contributed by atoms with Crippen molar-refractivity contribution in [2.75, 3.05) is 13.1 Å². The molecule has 1 heterocycles. The summed E-state index contributed by atoms with van der Waals surface area (Å²) in [5.74, 6) is 1.73. The smallest absolute Gasteiger partial charge is 0.191 e. The van der Waals surface area contributed by atoms with Crippen molar-refractivity contribution in [2.45, 2.75) is 32.9 Å². The molecule has 0 atom stereocenters. The van der Waals surface area contributed by atoms with Crippen LogP contribution in [0.25, 0.3) is 11.1 Å². The van der Waals surface area contributed by atoms with Crippen LogP contribution in [0.2, 0.25) is 0 Å². The number of hydrogen-bond donors (Lipinski definition) is 2. The summed E-state index contributed by atoms with van der Waals surface area (Å²) in [4.78, 5) is 8.93. The van der Waals surface area contributed by atoms with Crippen molar-refractivity contribution in [2.24, 2.45) is 10.9 Å². The minimum absolute atomic E-state index is 0. The van der Waals surface area contributed by atoms with Crippen molar-refractivity contribution in [3.05, 3.63) is 78.4 Å². The highest BCUT2D eigenvalue weighted by atomic mass is 127. The molecule has 0 saturated heterocycles. The van der Waals surface area contributed by atoms with Crippen molar-refractivity contribution in [1.82, 2.24) is 20.2 Å². The predicted molar refractivity (Wildman–Crippen MR) is 134 cm³/mol. The minimum atomic E-state index is 0. The summed E-state index contributed by atoms with van der Waals surface area (Å²) in [6.07, 6.45) is 8.32. The number of nitrogens with one attached hydrogen (secondary N) is 2. The number of rotatable bonds is 8.